The van der Waals surface area contributed by atoms with E-state index >= 15 is 0 Å². The Bertz CT molecular complexity index is 363. The largest absolute Gasteiger partial charge is 0.494 e. The van der Waals surface area contributed by atoms with Crippen LogP contribution in [-0.4, -0.2) is 12.9 Å². The van der Waals surface area contributed by atoms with Crippen LogP contribution >= 0.6 is 22.6 Å². The molecule has 0 saturated heterocycles. The molecule has 0 heterocycles. The number of carbonyl (C=O) groups excluding carboxylic acids is 1. The van der Waals surface area contributed by atoms with E-state index < -0.39 is 5.82 Å². The second-order valence-corrected chi connectivity index (χ2v) is 3.99. The van der Waals surface area contributed by atoms with Gasteiger partial charge in [-0.05, 0) is 34.7 Å². The summed E-state index contributed by atoms with van der Waals surface area (Å²) in [6.45, 7) is 1.70. The van der Waals surface area contributed by atoms with E-state index in [0.29, 0.717) is 6.42 Å². The lowest BCUT2D eigenvalue weighted by molar-refractivity contribution is 0.0983. The van der Waals surface area contributed by atoms with Crippen LogP contribution in [0.2, 0.25) is 0 Å². The summed E-state index contributed by atoms with van der Waals surface area (Å²) in [5, 5.41) is 0. The SMILES string of the molecule is CCC(=O)c1cc(I)cc(OC)c1F. The Labute approximate surface area is 95.6 Å². The van der Waals surface area contributed by atoms with Crippen molar-refractivity contribution in [3.8, 4) is 5.75 Å². The topological polar surface area (TPSA) is 26.3 Å². The maximum atomic E-state index is 13.5. The lowest BCUT2D eigenvalue weighted by atomic mass is 10.1. The van der Waals surface area contributed by atoms with Gasteiger partial charge in [0.05, 0.1) is 12.7 Å². The van der Waals surface area contributed by atoms with Crippen molar-refractivity contribution < 1.29 is 13.9 Å². The minimum atomic E-state index is -0.570. The second-order valence-electron chi connectivity index (χ2n) is 2.75. The molecule has 0 fully saturated rings. The summed E-state index contributed by atoms with van der Waals surface area (Å²) in [6, 6.07) is 3.09. The predicted molar refractivity (Wildman–Crippen MR) is 60.3 cm³/mol. The molecule has 0 amide bonds. The molecule has 4 heteroatoms. The molecule has 0 spiro atoms. The lowest BCUT2D eigenvalue weighted by Gasteiger charge is -2.06. The van der Waals surface area contributed by atoms with Gasteiger partial charge < -0.3 is 4.74 Å². The monoisotopic (exact) mass is 308 g/mol. The van der Waals surface area contributed by atoms with E-state index in [2.05, 4.69) is 0 Å². The average Bonchev–Trinajstić information content (AvgIpc) is 2.19. The maximum absolute atomic E-state index is 13.5. The Hall–Kier alpha value is -0.650. The zero-order chi connectivity index (χ0) is 10.7. The lowest BCUT2D eigenvalue weighted by Crippen LogP contribution is -2.03. The number of ketones is 1. The van der Waals surface area contributed by atoms with Gasteiger partial charge in [-0.1, -0.05) is 6.92 Å². The van der Waals surface area contributed by atoms with Crippen LogP contribution in [0.15, 0.2) is 12.1 Å². The molecule has 1 aromatic carbocycles. The van der Waals surface area contributed by atoms with Crippen molar-refractivity contribution in [2.24, 2.45) is 0 Å². The highest BCUT2D eigenvalue weighted by molar-refractivity contribution is 14.1. The summed E-state index contributed by atoms with van der Waals surface area (Å²) in [5.74, 6) is -0.659. The molecule has 0 aliphatic rings. The molecule has 14 heavy (non-hydrogen) atoms. The standard InChI is InChI=1S/C10H10FIO2/c1-3-8(13)7-4-6(12)5-9(14-2)10(7)11/h4-5H,3H2,1-2H3. The van der Waals surface area contributed by atoms with Crippen molar-refractivity contribution in [2.75, 3.05) is 7.11 Å². The van der Waals surface area contributed by atoms with Crippen molar-refractivity contribution in [3.05, 3.63) is 27.1 Å². The third kappa shape index (κ3) is 2.23. The first-order chi connectivity index (χ1) is 6.60. The van der Waals surface area contributed by atoms with Gasteiger partial charge in [0.15, 0.2) is 17.3 Å². The summed E-state index contributed by atoms with van der Waals surface area (Å²) in [6.07, 6.45) is 0.292. The van der Waals surface area contributed by atoms with Crippen molar-refractivity contribution >= 4 is 28.4 Å². The number of ether oxygens (including phenoxy) is 1. The Balaban J connectivity index is 3.29. The molecule has 0 bridgehead atoms. The minimum Gasteiger partial charge on any atom is -0.494 e. The van der Waals surface area contributed by atoms with Crippen LogP contribution in [0.5, 0.6) is 5.75 Å². The Kier molecular flexibility index (Phi) is 3.86. The highest BCUT2D eigenvalue weighted by atomic mass is 127. The van der Waals surface area contributed by atoms with Gasteiger partial charge in [-0.3, -0.25) is 4.79 Å². The number of methoxy groups -OCH3 is 1. The Morgan fingerprint density at radius 1 is 1.57 bits per heavy atom. The summed E-state index contributed by atoms with van der Waals surface area (Å²) in [5.41, 5.74) is 0.108. The number of hydrogen-bond donors (Lipinski definition) is 0. The number of hydrogen-bond acceptors (Lipinski definition) is 2. The van der Waals surface area contributed by atoms with E-state index in [1.54, 1.807) is 13.0 Å². The zero-order valence-corrected chi connectivity index (χ0v) is 10.1. The maximum Gasteiger partial charge on any atom is 0.175 e. The van der Waals surface area contributed by atoms with Gasteiger partial charge in [0.25, 0.3) is 0 Å². The third-order valence-corrected chi connectivity index (χ3v) is 2.47. The molecule has 0 unspecified atom stereocenters. The molecular formula is C10H10FIO2. The molecule has 0 atom stereocenters. The third-order valence-electron chi connectivity index (χ3n) is 1.85. The van der Waals surface area contributed by atoms with Crippen molar-refractivity contribution in [1.82, 2.24) is 0 Å². The van der Waals surface area contributed by atoms with E-state index in [9.17, 15) is 9.18 Å². The van der Waals surface area contributed by atoms with Crippen LogP contribution in [-0.2, 0) is 0 Å². The molecule has 1 rings (SSSR count). The summed E-state index contributed by atoms with van der Waals surface area (Å²) in [7, 11) is 1.38. The van der Waals surface area contributed by atoms with Crippen molar-refractivity contribution in [1.29, 1.82) is 0 Å². The quantitative estimate of drug-likeness (QED) is 0.634. The van der Waals surface area contributed by atoms with Gasteiger partial charge in [-0.2, -0.15) is 0 Å². The highest BCUT2D eigenvalue weighted by Crippen LogP contribution is 2.24. The van der Waals surface area contributed by atoms with E-state index in [1.807, 2.05) is 22.6 Å². The van der Waals surface area contributed by atoms with Crippen LogP contribution in [0.4, 0.5) is 4.39 Å². The predicted octanol–water partition coefficient (Wildman–Crippen LogP) is 3.03. The average molecular weight is 308 g/mol. The fourth-order valence-electron chi connectivity index (χ4n) is 1.11. The van der Waals surface area contributed by atoms with Crippen molar-refractivity contribution in [2.45, 2.75) is 13.3 Å². The fourth-order valence-corrected chi connectivity index (χ4v) is 1.70. The Morgan fingerprint density at radius 2 is 2.21 bits per heavy atom. The van der Waals surface area contributed by atoms with Crippen LogP contribution in [0.25, 0.3) is 0 Å². The van der Waals surface area contributed by atoms with Gasteiger partial charge in [-0.15, -0.1) is 0 Å². The number of benzene rings is 1. The van der Waals surface area contributed by atoms with Gasteiger partial charge in [-0.25, -0.2) is 4.39 Å². The molecule has 0 aliphatic heterocycles. The molecule has 1 aromatic rings. The number of rotatable bonds is 3. The minimum absolute atomic E-state index is 0.108. The normalized spacial score (nSPS) is 10.0. The van der Waals surface area contributed by atoms with Gasteiger partial charge in [0, 0.05) is 9.99 Å². The van der Waals surface area contributed by atoms with Gasteiger partial charge in [0.1, 0.15) is 0 Å². The van der Waals surface area contributed by atoms with E-state index in [0.717, 1.165) is 3.57 Å². The first-order valence-corrected chi connectivity index (χ1v) is 5.24. The zero-order valence-electron chi connectivity index (χ0n) is 7.93. The summed E-state index contributed by atoms with van der Waals surface area (Å²) >= 11 is 2.02. The molecule has 0 N–H and O–H groups in total. The second kappa shape index (κ2) is 4.72. The molecule has 0 saturated carbocycles. The summed E-state index contributed by atoms with van der Waals surface area (Å²) < 4.78 is 19.2. The smallest absolute Gasteiger partial charge is 0.175 e. The van der Waals surface area contributed by atoms with Gasteiger partial charge in [0.2, 0.25) is 0 Å². The number of halogens is 2. The van der Waals surface area contributed by atoms with Crippen LogP contribution in [0.3, 0.4) is 0 Å². The van der Waals surface area contributed by atoms with Gasteiger partial charge >= 0.3 is 0 Å². The molecule has 0 radical (unpaired) electrons. The van der Waals surface area contributed by atoms with E-state index in [4.69, 9.17) is 4.74 Å². The molecule has 0 aromatic heterocycles. The summed E-state index contributed by atoms with van der Waals surface area (Å²) in [4.78, 5) is 11.4. The van der Waals surface area contributed by atoms with Crippen LogP contribution in [0, 0.1) is 9.39 Å². The van der Waals surface area contributed by atoms with Crippen LogP contribution < -0.4 is 4.74 Å². The molecule has 0 aliphatic carbocycles. The first kappa shape index (κ1) is 11.4. The van der Waals surface area contributed by atoms with E-state index in [-0.39, 0.29) is 17.1 Å². The molecular weight excluding hydrogens is 298 g/mol. The van der Waals surface area contributed by atoms with Crippen molar-refractivity contribution in [3.63, 3.8) is 0 Å². The van der Waals surface area contributed by atoms with E-state index in [1.165, 1.54) is 13.2 Å². The first-order valence-electron chi connectivity index (χ1n) is 4.16. The Morgan fingerprint density at radius 3 is 2.71 bits per heavy atom. The molecule has 76 valence electrons. The number of carbonyl (C=O) groups is 1. The molecule has 2 nitrogen and oxygen atoms in total. The fraction of sp³-hybridized carbons (Fsp3) is 0.300. The van der Waals surface area contributed by atoms with Crippen LogP contribution in [0.1, 0.15) is 23.7 Å². The number of Topliss-reactive ketones (excluding diaryl/α,β-unsaturated/α-hetero) is 1. The highest BCUT2D eigenvalue weighted by Gasteiger charge is 2.15.